The van der Waals surface area contributed by atoms with Crippen molar-refractivity contribution >= 4 is 0 Å². The van der Waals surface area contributed by atoms with Crippen LogP contribution in [0.4, 0.5) is 0 Å². The van der Waals surface area contributed by atoms with Crippen LogP contribution in [0, 0.1) is 5.92 Å². The van der Waals surface area contributed by atoms with Crippen LogP contribution >= 0.6 is 0 Å². The molecule has 0 aliphatic heterocycles. The Morgan fingerprint density at radius 1 is 1.05 bits per heavy atom. The average Bonchev–Trinajstić information content (AvgIpc) is 2.58. The molecular weight excluding hydrogens is 228 g/mol. The molecule has 0 aromatic carbocycles. The fraction of sp³-hybridized carbons (Fsp3) is 0.579. The van der Waals surface area contributed by atoms with Gasteiger partial charge in [0.1, 0.15) is 0 Å². The maximum absolute atomic E-state index is 2.35. The van der Waals surface area contributed by atoms with Gasteiger partial charge in [0.25, 0.3) is 0 Å². The monoisotopic (exact) mass is 262 g/mol. The Morgan fingerprint density at radius 2 is 1.47 bits per heavy atom. The van der Waals surface area contributed by atoms with Gasteiger partial charge < -0.3 is 0 Å². The molecule has 0 N–H and O–H groups in total. The number of hydrogen-bond donors (Lipinski definition) is 0. The van der Waals surface area contributed by atoms with Gasteiger partial charge in [0.15, 0.2) is 0 Å². The van der Waals surface area contributed by atoms with E-state index in [1.807, 2.05) is 33.8 Å². The molecule has 19 heavy (non-hydrogen) atoms. The quantitative estimate of drug-likeness (QED) is 0.453. The highest BCUT2D eigenvalue weighted by Crippen LogP contribution is 2.20. The summed E-state index contributed by atoms with van der Waals surface area (Å²) in [5, 5.41) is 0. The summed E-state index contributed by atoms with van der Waals surface area (Å²) in [5.41, 5.74) is 4.25. The minimum absolute atomic E-state index is 0.840. The Morgan fingerprint density at radius 3 is 1.74 bits per heavy atom. The molecule has 0 radical (unpaired) electrons. The molecule has 1 rings (SSSR count). The maximum atomic E-state index is 2.35. The van der Waals surface area contributed by atoms with Crippen LogP contribution in [0.3, 0.4) is 0 Å². The van der Waals surface area contributed by atoms with Crippen LogP contribution in [0.1, 0.15) is 68.2 Å². The van der Waals surface area contributed by atoms with Gasteiger partial charge >= 0.3 is 0 Å². The Bertz CT molecular complexity index is 304. The molecule has 0 heteroatoms. The topological polar surface area (TPSA) is 0 Å². The molecule has 0 heterocycles. The Labute approximate surface area is 122 Å². The summed E-state index contributed by atoms with van der Waals surface area (Å²) in [5.74, 6) is 0.840. The van der Waals surface area contributed by atoms with Crippen molar-refractivity contribution in [3.8, 4) is 0 Å². The van der Waals surface area contributed by atoms with E-state index in [-0.39, 0.29) is 0 Å². The number of allylic oxidation sites excluding steroid dienone is 8. The predicted molar refractivity (Wildman–Crippen MR) is 91.5 cm³/mol. The first-order valence-electron chi connectivity index (χ1n) is 7.60. The second-order valence-corrected chi connectivity index (χ2v) is 4.88. The summed E-state index contributed by atoms with van der Waals surface area (Å²) in [6.07, 6.45) is 13.4. The third-order valence-corrected chi connectivity index (χ3v) is 3.16. The van der Waals surface area contributed by atoms with Crippen LogP contribution in [0.2, 0.25) is 0 Å². The summed E-state index contributed by atoms with van der Waals surface area (Å²) < 4.78 is 0. The van der Waals surface area contributed by atoms with E-state index < -0.39 is 0 Å². The molecule has 0 aromatic heterocycles. The Kier molecular flexibility index (Phi) is 14.3. The zero-order valence-electron chi connectivity index (χ0n) is 14.4. The molecule has 0 unspecified atom stereocenters. The second-order valence-electron chi connectivity index (χ2n) is 4.88. The summed E-state index contributed by atoms with van der Waals surface area (Å²) in [6, 6.07) is 0. The van der Waals surface area contributed by atoms with Crippen molar-refractivity contribution in [1.29, 1.82) is 0 Å². The maximum Gasteiger partial charge on any atom is -0.0316 e. The lowest BCUT2D eigenvalue weighted by Crippen LogP contribution is -1.86. The van der Waals surface area contributed by atoms with E-state index in [1.54, 1.807) is 0 Å². The zero-order valence-corrected chi connectivity index (χ0v) is 14.4. The summed E-state index contributed by atoms with van der Waals surface area (Å²) in [7, 11) is 0. The van der Waals surface area contributed by atoms with Gasteiger partial charge in [-0.2, -0.15) is 0 Å². The van der Waals surface area contributed by atoms with Gasteiger partial charge in [-0.1, -0.05) is 67.9 Å². The number of rotatable bonds is 1. The molecule has 0 fully saturated rings. The van der Waals surface area contributed by atoms with Crippen molar-refractivity contribution < 1.29 is 0 Å². The van der Waals surface area contributed by atoms with Crippen LogP contribution in [0.5, 0.6) is 0 Å². The van der Waals surface area contributed by atoms with Gasteiger partial charge in [-0.15, -0.1) is 0 Å². The van der Waals surface area contributed by atoms with Crippen LogP contribution in [0.25, 0.3) is 0 Å². The predicted octanol–water partition coefficient (Wildman–Crippen LogP) is 6.86. The highest BCUT2D eigenvalue weighted by atomic mass is 14.1. The lowest BCUT2D eigenvalue weighted by molar-refractivity contribution is 0.605. The highest BCUT2D eigenvalue weighted by molar-refractivity contribution is 5.28. The van der Waals surface area contributed by atoms with E-state index in [0.717, 1.165) is 5.92 Å². The molecule has 0 amide bonds. The van der Waals surface area contributed by atoms with E-state index in [4.69, 9.17) is 0 Å². The van der Waals surface area contributed by atoms with E-state index in [9.17, 15) is 0 Å². The van der Waals surface area contributed by atoms with Crippen molar-refractivity contribution in [3.63, 3.8) is 0 Å². The molecule has 0 aromatic rings. The molecule has 1 aliphatic carbocycles. The smallest absolute Gasteiger partial charge is 0.0316 e. The van der Waals surface area contributed by atoms with Crippen LogP contribution in [-0.4, -0.2) is 0 Å². The lowest BCUT2D eigenvalue weighted by Gasteiger charge is -2.00. The summed E-state index contributed by atoms with van der Waals surface area (Å²) in [6.45, 7) is 16.8. The van der Waals surface area contributed by atoms with Crippen molar-refractivity contribution in [2.75, 3.05) is 0 Å². The molecule has 110 valence electrons. The fourth-order valence-electron chi connectivity index (χ4n) is 1.53. The molecule has 0 bridgehead atoms. The molecule has 0 nitrogen and oxygen atoms in total. The van der Waals surface area contributed by atoms with Crippen molar-refractivity contribution in [2.24, 2.45) is 5.92 Å². The van der Waals surface area contributed by atoms with Gasteiger partial charge in [-0.05, 0) is 53.4 Å². The third kappa shape index (κ3) is 11.8. The zero-order chi connectivity index (χ0) is 15.3. The first kappa shape index (κ1) is 20.3. The first-order valence-corrected chi connectivity index (χ1v) is 7.60. The third-order valence-electron chi connectivity index (χ3n) is 3.16. The van der Waals surface area contributed by atoms with Gasteiger partial charge in [-0.3, -0.25) is 0 Å². The van der Waals surface area contributed by atoms with E-state index in [2.05, 4.69) is 52.0 Å². The SMILES string of the molecule is CC.CC1=CCC(C)CC=C1C.CC=C(C)/C=C\C. The number of hydrogen-bond acceptors (Lipinski definition) is 0. The van der Waals surface area contributed by atoms with Gasteiger partial charge in [0, 0.05) is 0 Å². The molecule has 0 spiro atoms. The minimum Gasteiger partial charge on any atom is -0.0874 e. The van der Waals surface area contributed by atoms with Gasteiger partial charge in [0.05, 0.1) is 0 Å². The lowest BCUT2D eigenvalue weighted by atomic mass is 10.1. The first-order chi connectivity index (χ1) is 9.01. The van der Waals surface area contributed by atoms with E-state index in [0.29, 0.717) is 0 Å². The Balaban J connectivity index is 0. The molecule has 0 saturated heterocycles. The molecule has 1 aliphatic rings. The van der Waals surface area contributed by atoms with Gasteiger partial charge in [0.2, 0.25) is 0 Å². The van der Waals surface area contributed by atoms with Crippen molar-refractivity contribution in [3.05, 3.63) is 47.1 Å². The molecule has 0 atom stereocenters. The fourth-order valence-corrected chi connectivity index (χ4v) is 1.53. The second kappa shape index (κ2) is 13.4. The normalized spacial score (nSPS) is 16.5. The molecular formula is C19H34. The molecule has 0 saturated carbocycles. The summed E-state index contributed by atoms with van der Waals surface area (Å²) in [4.78, 5) is 0. The van der Waals surface area contributed by atoms with Crippen LogP contribution in [-0.2, 0) is 0 Å². The summed E-state index contributed by atoms with van der Waals surface area (Å²) >= 11 is 0. The standard InChI is InChI=1S/C10H16.C7H12.C2H6/c1-8-4-6-9(2)10(3)7-5-8;1-4-6-7(3)5-2;1-2/h6-8H,4-5H2,1-3H3;4-6H,1-3H3;1-2H3/b;6-4-,7-5?;. The van der Waals surface area contributed by atoms with Crippen LogP contribution in [0.15, 0.2) is 47.1 Å². The Hall–Kier alpha value is -1.04. The van der Waals surface area contributed by atoms with Crippen molar-refractivity contribution in [2.45, 2.75) is 68.2 Å². The average molecular weight is 262 g/mol. The van der Waals surface area contributed by atoms with Gasteiger partial charge in [-0.25, -0.2) is 0 Å². The van der Waals surface area contributed by atoms with E-state index >= 15 is 0 Å². The largest absolute Gasteiger partial charge is 0.0874 e. The highest BCUT2D eigenvalue weighted by Gasteiger charge is 2.03. The minimum atomic E-state index is 0.840. The van der Waals surface area contributed by atoms with E-state index in [1.165, 1.54) is 29.6 Å². The van der Waals surface area contributed by atoms with Crippen molar-refractivity contribution in [1.82, 2.24) is 0 Å². The van der Waals surface area contributed by atoms with Crippen LogP contribution < -0.4 is 0 Å².